The van der Waals surface area contributed by atoms with Gasteiger partial charge in [-0.05, 0) is 17.4 Å². The smallest absolute Gasteiger partial charge is 0.326 e. The minimum Gasteiger partial charge on any atom is -0.368 e. The summed E-state index contributed by atoms with van der Waals surface area (Å²) >= 11 is 1.00. The summed E-state index contributed by atoms with van der Waals surface area (Å²) in [4.78, 5) is 20.7. The number of rotatable bonds is 4. The van der Waals surface area contributed by atoms with Gasteiger partial charge >= 0.3 is 5.00 Å². The van der Waals surface area contributed by atoms with Crippen molar-refractivity contribution in [2.75, 3.05) is 18.9 Å². The second kappa shape index (κ2) is 4.56. The summed E-state index contributed by atoms with van der Waals surface area (Å²) in [6.07, 6.45) is 0. The molecule has 0 radical (unpaired) electrons. The number of hydrogen-bond acceptors (Lipinski definition) is 5. The van der Waals surface area contributed by atoms with Crippen LogP contribution in [0.25, 0.3) is 0 Å². The van der Waals surface area contributed by atoms with Gasteiger partial charge in [-0.25, -0.2) is 0 Å². The first-order valence-electron chi connectivity index (χ1n) is 3.82. The second-order valence-corrected chi connectivity index (χ2v) is 3.48. The first kappa shape index (κ1) is 10.5. The Bertz CT molecular complexity index is 350. The number of amides is 1. The first-order valence-corrected chi connectivity index (χ1v) is 4.64. The molecule has 2 N–H and O–H groups in total. The van der Waals surface area contributed by atoms with Crippen LogP contribution in [-0.2, 0) is 4.79 Å². The van der Waals surface area contributed by atoms with Crippen LogP contribution in [0.5, 0.6) is 0 Å². The van der Waals surface area contributed by atoms with Gasteiger partial charge in [0.2, 0.25) is 5.91 Å². The maximum Gasteiger partial charge on any atom is 0.326 e. The maximum atomic E-state index is 10.8. The lowest BCUT2D eigenvalue weighted by atomic mass is 10.5. The number of carbonyl (C=O) groups is 1. The molecule has 0 aliphatic heterocycles. The van der Waals surface area contributed by atoms with Crippen molar-refractivity contribution >= 4 is 27.2 Å². The number of thiophene rings is 1. The van der Waals surface area contributed by atoms with E-state index in [0.29, 0.717) is 5.00 Å². The normalized spacial score (nSPS) is 9.50. The standard InChI is InChI=1S/C7H9N3O3S/c1-8-5(11)4-9-6-2-3-7(14-6)10(12)13/h2-3,9H,4H2,1H3,(H,8,11). The van der Waals surface area contributed by atoms with Gasteiger partial charge in [-0.15, -0.1) is 0 Å². The molecule has 1 aromatic heterocycles. The number of nitrogens with zero attached hydrogens (tertiary/aromatic N) is 1. The lowest BCUT2D eigenvalue weighted by Crippen LogP contribution is -2.25. The molecule has 1 amide bonds. The molecule has 7 heteroatoms. The Balaban J connectivity index is 2.52. The summed E-state index contributed by atoms with van der Waals surface area (Å²) in [6, 6.07) is 2.97. The second-order valence-electron chi connectivity index (χ2n) is 2.42. The lowest BCUT2D eigenvalue weighted by molar-refractivity contribution is -0.380. The SMILES string of the molecule is CNC(=O)CNc1ccc([N+](=O)[O-])s1. The van der Waals surface area contributed by atoms with E-state index in [2.05, 4.69) is 10.6 Å². The van der Waals surface area contributed by atoms with Gasteiger partial charge in [0.25, 0.3) is 0 Å². The molecule has 0 aliphatic rings. The topological polar surface area (TPSA) is 84.3 Å². The number of hydrogen-bond donors (Lipinski definition) is 2. The van der Waals surface area contributed by atoms with Crippen molar-refractivity contribution in [2.24, 2.45) is 0 Å². The monoisotopic (exact) mass is 215 g/mol. The largest absolute Gasteiger partial charge is 0.368 e. The van der Waals surface area contributed by atoms with Gasteiger partial charge < -0.3 is 10.6 Å². The summed E-state index contributed by atoms with van der Waals surface area (Å²) in [6.45, 7) is 0.119. The van der Waals surface area contributed by atoms with Gasteiger partial charge in [0.1, 0.15) is 0 Å². The molecule has 0 atom stereocenters. The molecule has 6 nitrogen and oxygen atoms in total. The van der Waals surface area contributed by atoms with Crippen LogP contribution in [0.2, 0.25) is 0 Å². The molecule has 0 bridgehead atoms. The highest BCUT2D eigenvalue weighted by molar-refractivity contribution is 7.19. The summed E-state index contributed by atoms with van der Waals surface area (Å²) in [5, 5.41) is 16.2. The molecular formula is C7H9N3O3S. The van der Waals surface area contributed by atoms with Crippen molar-refractivity contribution in [2.45, 2.75) is 0 Å². The van der Waals surface area contributed by atoms with Gasteiger partial charge in [0, 0.05) is 13.1 Å². The number of nitro groups is 1. The van der Waals surface area contributed by atoms with Crippen LogP contribution < -0.4 is 10.6 Å². The Kier molecular flexibility index (Phi) is 3.41. The minimum absolute atomic E-state index is 0.0596. The van der Waals surface area contributed by atoms with Crippen LogP contribution >= 0.6 is 11.3 Å². The highest BCUT2D eigenvalue weighted by Gasteiger charge is 2.09. The fraction of sp³-hybridized carbons (Fsp3) is 0.286. The predicted octanol–water partition coefficient (Wildman–Crippen LogP) is 0.814. The summed E-state index contributed by atoms with van der Waals surface area (Å²) in [7, 11) is 1.53. The number of nitrogens with one attached hydrogen (secondary N) is 2. The Morgan fingerprint density at radius 2 is 2.36 bits per heavy atom. The fourth-order valence-corrected chi connectivity index (χ4v) is 1.49. The zero-order valence-corrected chi connectivity index (χ0v) is 8.26. The molecule has 0 saturated heterocycles. The van der Waals surface area contributed by atoms with Gasteiger partial charge in [0.15, 0.2) is 0 Å². The predicted molar refractivity (Wildman–Crippen MR) is 53.5 cm³/mol. The number of anilines is 1. The third-order valence-corrected chi connectivity index (χ3v) is 2.47. The van der Waals surface area contributed by atoms with E-state index < -0.39 is 4.92 Å². The Labute approximate surface area is 84.1 Å². The zero-order valence-electron chi connectivity index (χ0n) is 7.44. The molecule has 1 heterocycles. The lowest BCUT2D eigenvalue weighted by Gasteiger charge is -2.00. The Hall–Kier alpha value is -1.63. The average molecular weight is 215 g/mol. The van der Waals surface area contributed by atoms with Crippen LogP contribution in [0.4, 0.5) is 10.0 Å². The van der Waals surface area contributed by atoms with Crippen molar-refractivity contribution in [3.63, 3.8) is 0 Å². The van der Waals surface area contributed by atoms with Crippen LogP contribution in [0, 0.1) is 10.1 Å². The third-order valence-electron chi connectivity index (χ3n) is 1.47. The van der Waals surface area contributed by atoms with E-state index >= 15 is 0 Å². The van der Waals surface area contributed by atoms with Gasteiger partial charge in [0.05, 0.1) is 16.5 Å². The molecular weight excluding hydrogens is 206 g/mol. The highest BCUT2D eigenvalue weighted by Crippen LogP contribution is 2.27. The van der Waals surface area contributed by atoms with Gasteiger partial charge in [-0.3, -0.25) is 14.9 Å². The molecule has 0 fully saturated rings. The molecule has 0 spiro atoms. The van der Waals surface area contributed by atoms with E-state index in [0.717, 1.165) is 11.3 Å². The number of likely N-dealkylation sites (N-methyl/N-ethyl adjacent to an activating group) is 1. The quantitative estimate of drug-likeness (QED) is 0.575. The molecule has 76 valence electrons. The van der Waals surface area contributed by atoms with E-state index in [9.17, 15) is 14.9 Å². The Morgan fingerprint density at radius 1 is 1.64 bits per heavy atom. The molecule has 0 aromatic carbocycles. The summed E-state index contributed by atoms with van der Waals surface area (Å²) in [5.74, 6) is -0.166. The van der Waals surface area contributed by atoms with E-state index in [4.69, 9.17) is 0 Å². The van der Waals surface area contributed by atoms with Crippen LogP contribution in [-0.4, -0.2) is 24.4 Å². The number of carbonyl (C=O) groups excluding carboxylic acids is 1. The van der Waals surface area contributed by atoms with E-state index in [-0.39, 0.29) is 17.5 Å². The summed E-state index contributed by atoms with van der Waals surface area (Å²) < 4.78 is 0. The molecule has 1 rings (SSSR count). The molecule has 14 heavy (non-hydrogen) atoms. The fourth-order valence-electron chi connectivity index (χ4n) is 0.777. The van der Waals surface area contributed by atoms with Crippen LogP contribution in [0.3, 0.4) is 0 Å². The van der Waals surface area contributed by atoms with Gasteiger partial charge in [-0.2, -0.15) is 0 Å². The van der Waals surface area contributed by atoms with Crippen molar-refractivity contribution in [3.05, 3.63) is 22.2 Å². The van der Waals surface area contributed by atoms with Crippen molar-refractivity contribution in [1.29, 1.82) is 0 Å². The van der Waals surface area contributed by atoms with Crippen molar-refractivity contribution in [3.8, 4) is 0 Å². The van der Waals surface area contributed by atoms with E-state index in [1.165, 1.54) is 13.1 Å². The van der Waals surface area contributed by atoms with Crippen molar-refractivity contribution in [1.82, 2.24) is 5.32 Å². The zero-order chi connectivity index (χ0) is 10.6. The van der Waals surface area contributed by atoms with E-state index in [1.54, 1.807) is 6.07 Å². The molecule has 1 aromatic rings. The molecule has 0 unspecified atom stereocenters. The minimum atomic E-state index is -0.463. The van der Waals surface area contributed by atoms with Crippen LogP contribution in [0.15, 0.2) is 12.1 Å². The Morgan fingerprint density at radius 3 is 2.86 bits per heavy atom. The van der Waals surface area contributed by atoms with Gasteiger partial charge in [-0.1, -0.05) is 0 Å². The molecule has 0 saturated carbocycles. The maximum absolute atomic E-state index is 10.8. The highest BCUT2D eigenvalue weighted by atomic mass is 32.1. The van der Waals surface area contributed by atoms with Crippen molar-refractivity contribution < 1.29 is 9.72 Å². The van der Waals surface area contributed by atoms with E-state index in [1.807, 2.05) is 0 Å². The first-order chi connectivity index (χ1) is 6.63. The third kappa shape index (κ3) is 2.70. The molecule has 0 aliphatic carbocycles. The van der Waals surface area contributed by atoms with Crippen LogP contribution in [0.1, 0.15) is 0 Å². The average Bonchev–Trinajstić information content (AvgIpc) is 2.62. The summed E-state index contributed by atoms with van der Waals surface area (Å²) in [5.41, 5.74) is 0.